The Kier molecular flexibility index (Phi) is 6.71. The summed E-state index contributed by atoms with van der Waals surface area (Å²) in [4.78, 5) is 13.3. The van der Waals surface area contributed by atoms with Crippen LogP contribution in [0, 0.1) is 0 Å². The zero-order valence-corrected chi connectivity index (χ0v) is 20.5. The molecule has 5 rings (SSSR count). The third kappa shape index (κ3) is 4.44. The lowest BCUT2D eigenvalue weighted by molar-refractivity contribution is -0.137. The van der Waals surface area contributed by atoms with Gasteiger partial charge in [0.05, 0.1) is 26.4 Å². The molecule has 3 aromatic carbocycles. The van der Waals surface area contributed by atoms with Crippen LogP contribution >= 0.6 is 0 Å². The van der Waals surface area contributed by atoms with Crippen molar-refractivity contribution in [3.63, 3.8) is 0 Å². The van der Waals surface area contributed by atoms with E-state index in [1.54, 1.807) is 7.11 Å². The molecule has 2 aliphatic heterocycles. The molecule has 0 aromatic heterocycles. The number of carbonyl (C=O) groups excluding carboxylic acids is 1. The van der Waals surface area contributed by atoms with Gasteiger partial charge in [0.1, 0.15) is 17.2 Å². The van der Waals surface area contributed by atoms with Crippen LogP contribution in [0.4, 0.5) is 0 Å². The molecule has 36 heavy (non-hydrogen) atoms. The number of esters is 1. The first-order valence-corrected chi connectivity index (χ1v) is 11.9. The summed E-state index contributed by atoms with van der Waals surface area (Å²) in [5.74, 6) is 2.85. The molecule has 0 saturated heterocycles. The summed E-state index contributed by atoms with van der Waals surface area (Å²) in [6.45, 7) is 2.88. The Balaban J connectivity index is 1.70. The van der Waals surface area contributed by atoms with Crippen LogP contribution in [0.3, 0.4) is 0 Å². The van der Waals surface area contributed by atoms with E-state index < -0.39 is 12.1 Å². The second-order valence-electron chi connectivity index (χ2n) is 8.48. The number of benzene rings is 3. The van der Waals surface area contributed by atoms with Crippen LogP contribution in [0.1, 0.15) is 42.6 Å². The molecule has 0 N–H and O–H groups in total. The summed E-state index contributed by atoms with van der Waals surface area (Å²) >= 11 is 0. The highest BCUT2D eigenvalue weighted by molar-refractivity contribution is 6.05. The molecular formula is C29H28O7. The number of carbonyl (C=O) groups is 1. The van der Waals surface area contributed by atoms with E-state index >= 15 is 0 Å². The van der Waals surface area contributed by atoms with E-state index in [1.807, 2.05) is 60.7 Å². The monoisotopic (exact) mass is 488 g/mol. The van der Waals surface area contributed by atoms with E-state index in [-0.39, 0.29) is 6.79 Å². The number of methoxy groups -OCH3 is 2. The topological polar surface area (TPSA) is 72.5 Å². The molecule has 0 fully saturated rings. The van der Waals surface area contributed by atoms with Gasteiger partial charge >= 0.3 is 5.97 Å². The predicted molar refractivity (Wildman–Crippen MR) is 134 cm³/mol. The van der Waals surface area contributed by atoms with Crippen molar-refractivity contribution in [2.45, 2.75) is 25.9 Å². The fraction of sp³-hybridized carbons (Fsp3) is 0.276. The standard InChI is InChI=1S/C29H28O7/c1-4-5-14-33-21-11-13-23-22(16-21)26(19-8-12-24-25(15-19)35-17-34-24)27(29(30)32-3)28(36-23)18-6-9-20(31-2)10-7-18/h6-13,15-16,28H,4-5,14,17H2,1-3H3. The molecule has 2 aliphatic rings. The minimum atomic E-state index is -0.692. The number of rotatable bonds is 8. The van der Waals surface area contributed by atoms with Crippen LogP contribution in [0.5, 0.6) is 28.7 Å². The zero-order chi connectivity index (χ0) is 25.1. The number of ether oxygens (including phenoxy) is 6. The lowest BCUT2D eigenvalue weighted by Gasteiger charge is -2.31. The van der Waals surface area contributed by atoms with Crippen molar-refractivity contribution < 1.29 is 33.2 Å². The smallest absolute Gasteiger partial charge is 0.338 e. The van der Waals surface area contributed by atoms with Crippen molar-refractivity contribution >= 4 is 11.5 Å². The summed E-state index contributed by atoms with van der Waals surface area (Å²) in [5.41, 5.74) is 3.41. The molecule has 2 heterocycles. The van der Waals surface area contributed by atoms with Crippen molar-refractivity contribution in [2.75, 3.05) is 27.6 Å². The highest BCUT2D eigenvalue weighted by Gasteiger charge is 2.36. The van der Waals surface area contributed by atoms with Gasteiger partial charge < -0.3 is 28.4 Å². The first-order valence-electron chi connectivity index (χ1n) is 11.9. The first kappa shape index (κ1) is 23.6. The highest BCUT2D eigenvalue weighted by Crippen LogP contribution is 2.48. The summed E-state index contributed by atoms with van der Waals surface area (Å²) in [6.07, 6.45) is 1.29. The van der Waals surface area contributed by atoms with Crippen LogP contribution in [0.15, 0.2) is 66.2 Å². The third-order valence-electron chi connectivity index (χ3n) is 6.25. The van der Waals surface area contributed by atoms with Crippen LogP contribution in [-0.2, 0) is 9.53 Å². The van der Waals surface area contributed by atoms with E-state index in [4.69, 9.17) is 28.4 Å². The van der Waals surface area contributed by atoms with E-state index in [0.29, 0.717) is 46.5 Å². The lowest BCUT2D eigenvalue weighted by Crippen LogP contribution is -2.24. The van der Waals surface area contributed by atoms with Crippen LogP contribution in [0.25, 0.3) is 5.57 Å². The van der Waals surface area contributed by atoms with Crippen molar-refractivity contribution in [3.05, 3.63) is 82.9 Å². The Bertz CT molecular complexity index is 1290. The molecule has 3 aromatic rings. The Morgan fingerprint density at radius 3 is 2.42 bits per heavy atom. The molecular weight excluding hydrogens is 460 g/mol. The largest absolute Gasteiger partial charge is 0.497 e. The summed E-state index contributed by atoms with van der Waals surface area (Å²) in [6, 6.07) is 18.8. The van der Waals surface area contributed by atoms with Gasteiger partial charge in [-0.1, -0.05) is 31.5 Å². The quantitative estimate of drug-likeness (QED) is 0.297. The van der Waals surface area contributed by atoms with Crippen LogP contribution < -0.4 is 23.7 Å². The van der Waals surface area contributed by atoms with Gasteiger partial charge in [0, 0.05) is 11.1 Å². The van der Waals surface area contributed by atoms with E-state index in [0.717, 1.165) is 29.5 Å². The van der Waals surface area contributed by atoms with Crippen molar-refractivity contribution in [3.8, 4) is 28.7 Å². The van der Waals surface area contributed by atoms with Crippen molar-refractivity contribution in [1.82, 2.24) is 0 Å². The molecule has 7 heteroatoms. The van der Waals surface area contributed by atoms with E-state index in [1.165, 1.54) is 7.11 Å². The predicted octanol–water partition coefficient (Wildman–Crippen LogP) is 5.71. The Labute approximate surface area is 210 Å². The van der Waals surface area contributed by atoms with Crippen LogP contribution in [0.2, 0.25) is 0 Å². The fourth-order valence-corrected chi connectivity index (χ4v) is 4.39. The van der Waals surface area contributed by atoms with Crippen molar-refractivity contribution in [1.29, 1.82) is 0 Å². The van der Waals surface area contributed by atoms with Gasteiger partial charge in [-0.2, -0.15) is 0 Å². The Morgan fingerprint density at radius 1 is 0.917 bits per heavy atom. The van der Waals surface area contributed by atoms with Crippen molar-refractivity contribution in [2.24, 2.45) is 0 Å². The first-order chi connectivity index (χ1) is 17.6. The molecule has 0 saturated carbocycles. The minimum Gasteiger partial charge on any atom is -0.497 e. The average molecular weight is 489 g/mol. The minimum absolute atomic E-state index is 0.158. The maximum Gasteiger partial charge on any atom is 0.338 e. The van der Waals surface area contributed by atoms with Gasteiger partial charge in [0.2, 0.25) is 6.79 Å². The van der Waals surface area contributed by atoms with Gasteiger partial charge in [-0.05, 0) is 60.0 Å². The van der Waals surface area contributed by atoms with E-state index in [9.17, 15) is 4.79 Å². The number of fused-ring (bicyclic) bond motifs is 2. The summed E-state index contributed by atoms with van der Waals surface area (Å²) in [5, 5.41) is 0. The average Bonchev–Trinajstić information content (AvgIpc) is 3.40. The molecule has 0 amide bonds. The molecule has 186 valence electrons. The maximum atomic E-state index is 13.3. The second-order valence-corrected chi connectivity index (χ2v) is 8.48. The van der Waals surface area contributed by atoms with Gasteiger partial charge in [-0.25, -0.2) is 4.79 Å². The van der Waals surface area contributed by atoms with Gasteiger partial charge in [-0.3, -0.25) is 0 Å². The molecule has 0 spiro atoms. The molecule has 0 bridgehead atoms. The zero-order valence-electron chi connectivity index (χ0n) is 20.5. The summed E-state index contributed by atoms with van der Waals surface area (Å²) in [7, 11) is 2.98. The van der Waals surface area contributed by atoms with E-state index in [2.05, 4.69) is 6.92 Å². The molecule has 7 nitrogen and oxygen atoms in total. The number of hydrogen-bond donors (Lipinski definition) is 0. The highest BCUT2D eigenvalue weighted by atomic mass is 16.7. The number of hydrogen-bond acceptors (Lipinski definition) is 7. The fourth-order valence-electron chi connectivity index (χ4n) is 4.39. The lowest BCUT2D eigenvalue weighted by atomic mass is 9.85. The second kappa shape index (κ2) is 10.2. The van der Waals surface area contributed by atoms with Gasteiger partial charge in [0.25, 0.3) is 0 Å². The SMILES string of the molecule is CCCCOc1ccc2c(c1)C(c1ccc3c(c1)OCO3)=C(C(=O)OC)C(c1ccc(OC)cc1)O2. The molecule has 1 unspecified atom stereocenters. The Hall–Kier alpha value is -4.13. The number of unbranched alkanes of at least 4 members (excludes halogenated alkanes) is 1. The van der Waals surface area contributed by atoms with Gasteiger partial charge in [0.15, 0.2) is 17.6 Å². The third-order valence-corrected chi connectivity index (χ3v) is 6.25. The molecule has 0 radical (unpaired) electrons. The van der Waals surface area contributed by atoms with Gasteiger partial charge in [-0.15, -0.1) is 0 Å². The Morgan fingerprint density at radius 2 is 1.67 bits per heavy atom. The molecule has 0 aliphatic carbocycles. The van der Waals surface area contributed by atoms with Crippen LogP contribution in [-0.4, -0.2) is 33.6 Å². The maximum absolute atomic E-state index is 13.3. The summed E-state index contributed by atoms with van der Waals surface area (Å²) < 4.78 is 34.1. The molecule has 1 atom stereocenters. The normalized spacial score (nSPS) is 15.7.